The number of rotatable bonds is 7. The molecule has 4 heteroatoms. The number of ether oxygens (including phenoxy) is 1. The van der Waals surface area contributed by atoms with E-state index < -0.39 is 0 Å². The molecule has 0 atom stereocenters. The van der Waals surface area contributed by atoms with Gasteiger partial charge in [-0.2, -0.15) is 0 Å². The van der Waals surface area contributed by atoms with Gasteiger partial charge in [-0.1, -0.05) is 49.7 Å². The fraction of sp³-hybridized carbons (Fsp3) is 0.261. The number of hydrogen-bond donors (Lipinski definition) is 0. The van der Waals surface area contributed by atoms with Crippen LogP contribution in [0.4, 0.5) is 5.69 Å². The zero-order valence-electron chi connectivity index (χ0n) is 16.0. The Morgan fingerprint density at radius 3 is 2.33 bits per heavy atom. The van der Waals surface area contributed by atoms with E-state index in [1.165, 1.54) is 11.1 Å². The smallest absolute Gasteiger partial charge is 0.265 e. The van der Waals surface area contributed by atoms with Crippen LogP contribution in [0, 0.1) is 6.92 Å². The number of aryl methyl sites for hydroxylation is 1. The first-order valence-electron chi connectivity index (χ1n) is 9.15. The van der Waals surface area contributed by atoms with Crippen molar-refractivity contribution in [2.75, 3.05) is 11.5 Å². The summed E-state index contributed by atoms with van der Waals surface area (Å²) in [6, 6.07) is 20.0. The molecule has 3 aromatic rings. The molecule has 0 spiro atoms. The van der Waals surface area contributed by atoms with Gasteiger partial charge < -0.3 is 9.64 Å². The lowest BCUT2D eigenvalue weighted by atomic mass is 10.0. The molecule has 0 aliphatic rings. The first-order chi connectivity index (χ1) is 13.0. The maximum atomic E-state index is 12.9. The van der Waals surface area contributed by atoms with E-state index in [9.17, 15) is 4.79 Å². The highest BCUT2D eigenvalue weighted by Crippen LogP contribution is 2.22. The van der Waals surface area contributed by atoms with Gasteiger partial charge >= 0.3 is 0 Å². The molecule has 140 valence electrons. The molecule has 0 fully saturated rings. The summed E-state index contributed by atoms with van der Waals surface area (Å²) in [6.07, 6.45) is 0. The average Bonchev–Trinajstić information content (AvgIpc) is 3.18. The van der Waals surface area contributed by atoms with E-state index in [1.807, 2.05) is 73.0 Å². The van der Waals surface area contributed by atoms with Crippen LogP contribution in [0.2, 0.25) is 0 Å². The predicted molar refractivity (Wildman–Crippen MR) is 113 cm³/mol. The Hall–Kier alpha value is -2.59. The van der Waals surface area contributed by atoms with Gasteiger partial charge in [-0.15, -0.1) is 11.3 Å². The summed E-state index contributed by atoms with van der Waals surface area (Å²) in [5.74, 6) is 1.14. The molecule has 0 N–H and O–H groups in total. The van der Waals surface area contributed by atoms with Crippen molar-refractivity contribution in [3.05, 3.63) is 82.0 Å². The molecule has 3 nitrogen and oxygen atoms in total. The van der Waals surface area contributed by atoms with E-state index in [2.05, 4.69) is 13.8 Å². The molecule has 3 rings (SSSR count). The molecular formula is C23H25NO2S. The van der Waals surface area contributed by atoms with Crippen LogP contribution in [0.1, 0.15) is 35.8 Å². The van der Waals surface area contributed by atoms with Crippen molar-refractivity contribution >= 4 is 22.9 Å². The lowest BCUT2D eigenvalue weighted by Crippen LogP contribution is -2.34. The largest absolute Gasteiger partial charge is 0.484 e. The van der Waals surface area contributed by atoms with E-state index >= 15 is 0 Å². The number of nitrogens with zero attached hydrogens (tertiary/aromatic N) is 1. The molecule has 2 aromatic carbocycles. The summed E-state index contributed by atoms with van der Waals surface area (Å²) >= 11 is 1.65. The highest BCUT2D eigenvalue weighted by atomic mass is 32.1. The number of carbonyl (C=O) groups is 1. The summed E-state index contributed by atoms with van der Waals surface area (Å²) in [7, 11) is 0. The topological polar surface area (TPSA) is 29.5 Å². The van der Waals surface area contributed by atoms with Crippen LogP contribution in [0.15, 0.2) is 66.0 Å². The number of thiophene rings is 1. The summed E-state index contributed by atoms with van der Waals surface area (Å²) in [6.45, 7) is 6.92. The SMILES string of the molecule is Cc1ccc(N(Cc2cccs2)C(=O)COc2ccc(C(C)C)cc2)cc1. The van der Waals surface area contributed by atoms with Crippen molar-refractivity contribution in [3.8, 4) is 5.75 Å². The van der Waals surface area contributed by atoms with Crippen molar-refractivity contribution in [2.45, 2.75) is 33.2 Å². The molecule has 1 heterocycles. The Labute approximate surface area is 165 Å². The molecule has 0 bridgehead atoms. The Kier molecular flexibility index (Phi) is 6.30. The summed E-state index contributed by atoms with van der Waals surface area (Å²) in [5, 5.41) is 2.03. The third-order valence-corrected chi connectivity index (χ3v) is 5.31. The molecule has 0 aliphatic heterocycles. The van der Waals surface area contributed by atoms with Crippen LogP contribution in [-0.2, 0) is 11.3 Å². The zero-order valence-corrected chi connectivity index (χ0v) is 16.8. The molecule has 0 saturated carbocycles. The second kappa shape index (κ2) is 8.87. The highest BCUT2D eigenvalue weighted by Gasteiger charge is 2.17. The molecule has 27 heavy (non-hydrogen) atoms. The lowest BCUT2D eigenvalue weighted by Gasteiger charge is -2.22. The van der Waals surface area contributed by atoms with Crippen LogP contribution < -0.4 is 9.64 Å². The van der Waals surface area contributed by atoms with E-state index in [0.717, 1.165) is 10.6 Å². The fourth-order valence-corrected chi connectivity index (χ4v) is 3.47. The standard InChI is InChI=1S/C23H25NO2S/c1-17(2)19-8-12-21(13-9-19)26-16-23(25)24(15-22-5-4-14-27-22)20-10-6-18(3)7-11-20/h4-14,17H,15-16H2,1-3H3. The van der Waals surface area contributed by atoms with Gasteiger partial charge in [0.1, 0.15) is 5.75 Å². The van der Waals surface area contributed by atoms with E-state index in [0.29, 0.717) is 18.2 Å². The van der Waals surface area contributed by atoms with Gasteiger partial charge in [-0.3, -0.25) is 4.79 Å². The van der Waals surface area contributed by atoms with Crippen LogP contribution in [0.3, 0.4) is 0 Å². The van der Waals surface area contributed by atoms with Gasteiger partial charge in [0.15, 0.2) is 6.61 Å². The predicted octanol–water partition coefficient (Wildman–Crippen LogP) is 5.79. The molecule has 1 amide bonds. The van der Waals surface area contributed by atoms with Crippen molar-refractivity contribution < 1.29 is 9.53 Å². The number of anilines is 1. The summed E-state index contributed by atoms with van der Waals surface area (Å²) in [5.41, 5.74) is 3.31. The normalized spacial score (nSPS) is 10.8. The van der Waals surface area contributed by atoms with E-state index in [-0.39, 0.29) is 12.5 Å². The molecule has 0 saturated heterocycles. The number of carbonyl (C=O) groups excluding carboxylic acids is 1. The molecule has 0 radical (unpaired) electrons. The number of amides is 1. The van der Waals surface area contributed by atoms with Crippen LogP contribution >= 0.6 is 11.3 Å². The zero-order chi connectivity index (χ0) is 19.2. The van der Waals surface area contributed by atoms with Crippen LogP contribution in [-0.4, -0.2) is 12.5 Å². The van der Waals surface area contributed by atoms with E-state index in [4.69, 9.17) is 4.74 Å². The van der Waals surface area contributed by atoms with Crippen molar-refractivity contribution in [3.63, 3.8) is 0 Å². The monoisotopic (exact) mass is 379 g/mol. The highest BCUT2D eigenvalue weighted by molar-refractivity contribution is 7.09. The van der Waals surface area contributed by atoms with Gasteiger partial charge in [0.25, 0.3) is 5.91 Å². The minimum Gasteiger partial charge on any atom is -0.484 e. The number of hydrogen-bond acceptors (Lipinski definition) is 3. The Morgan fingerprint density at radius 1 is 1.04 bits per heavy atom. The minimum absolute atomic E-state index is 0.0142. The van der Waals surface area contributed by atoms with Crippen LogP contribution in [0.5, 0.6) is 5.75 Å². The second-order valence-corrected chi connectivity index (χ2v) is 7.94. The van der Waals surface area contributed by atoms with Gasteiger partial charge in [-0.25, -0.2) is 0 Å². The third-order valence-electron chi connectivity index (χ3n) is 4.45. The quantitative estimate of drug-likeness (QED) is 0.520. The lowest BCUT2D eigenvalue weighted by molar-refractivity contribution is -0.120. The van der Waals surface area contributed by atoms with E-state index in [1.54, 1.807) is 16.2 Å². The van der Waals surface area contributed by atoms with Crippen molar-refractivity contribution in [1.29, 1.82) is 0 Å². The van der Waals surface area contributed by atoms with Crippen molar-refractivity contribution in [2.24, 2.45) is 0 Å². The van der Waals surface area contributed by atoms with Crippen molar-refractivity contribution in [1.82, 2.24) is 0 Å². The molecule has 1 aromatic heterocycles. The third kappa shape index (κ3) is 5.20. The Balaban J connectivity index is 1.71. The summed E-state index contributed by atoms with van der Waals surface area (Å²) in [4.78, 5) is 15.8. The fourth-order valence-electron chi connectivity index (χ4n) is 2.78. The van der Waals surface area contributed by atoms with Gasteiger partial charge in [0.2, 0.25) is 0 Å². The maximum absolute atomic E-state index is 12.9. The van der Waals surface area contributed by atoms with Crippen LogP contribution in [0.25, 0.3) is 0 Å². The average molecular weight is 380 g/mol. The first kappa shape index (κ1) is 19.2. The summed E-state index contributed by atoms with van der Waals surface area (Å²) < 4.78 is 5.76. The molecular weight excluding hydrogens is 354 g/mol. The second-order valence-electron chi connectivity index (χ2n) is 6.91. The Morgan fingerprint density at radius 2 is 1.74 bits per heavy atom. The maximum Gasteiger partial charge on any atom is 0.265 e. The Bertz CT molecular complexity index is 852. The molecule has 0 unspecified atom stereocenters. The van der Waals surface area contributed by atoms with Gasteiger partial charge in [0.05, 0.1) is 6.54 Å². The minimum atomic E-state index is -0.0554. The molecule has 0 aliphatic carbocycles. The van der Waals surface area contributed by atoms with Gasteiger partial charge in [-0.05, 0) is 54.1 Å². The first-order valence-corrected chi connectivity index (χ1v) is 10.0. The number of benzene rings is 2. The van der Waals surface area contributed by atoms with Gasteiger partial charge in [0, 0.05) is 10.6 Å².